The molecule has 150 valence electrons. The highest BCUT2D eigenvalue weighted by molar-refractivity contribution is 6.32. The second kappa shape index (κ2) is 8.84. The molecule has 0 spiro atoms. The Morgan fingerprint density at radius 1 is 1.14 bits per heavy atom. The number of ether oxygens (including phenoxy) is 3. The molecule has 2 aromatic carbocycles. The van der Waals surface area contributed by atoms with Gasteiger partial charge in [-0.3, -0.25) is 0 Å². The Morgan fingerprint density at radius 2 is 1.90 bits per heavy atom. The smallest absolute Gasteiger partial charge is 0.336 e. The van der Waals surface area contributed by atoms with Crippen molar-refractivity contribution in [1.82, 2.24) is 0 Å². The number of hydrogen-bond acceptors (Lipinski definition) is 6. The van der Waals surface area contributed by atoms with Gasteiger partial charge in [0.05, 0.1) is 18.2 Å². The zero-order chi connectivity index (χ0) is 21.0. The minimum atomic E-state index is -0.597. The van der Waals surface area contributed by atoms with Gasteiger partial charge in [0.2, 0.25) is 0 Å². The molecule has 0 saturated carbocycles. The molecule has 0 atom stereocenters. The first-order chi connectivity index (χ1) is 13.9. The average Bonchev–Trinajstić information content (AvgIpc) is 2.67. The SMILES string of the molecule is COc1cc(/C=C/C(=O)Oc2ccc3ccc(=O)oc3c2)cc(Cl)c1OC(C)C. The molecule has 1 heterocycles. The van der Waals surface area contributed by atoms with Crippen molar-refractivity contribution in [2.24, 2.45) is 0 Å². The van der Waals surface area contributed by atoms with Gasteiger partial charge in [-0.2, -0.15) is 0 Å². The minimum absolute atomic E-state index is 0.0656. The van der Waals surface area contributed by atoms with Gasteiger partial charge in [-0.05, 0) is 55.8 Å². The summed E-state index contributed by atoms with van der Waals surface area (Å²) in [6, 6.07) is 11.1. The first kappa shape index (κ1) is 20.5. The molecule has 6 nitrogen and oxygen atoms in total. The van der Waals surface area contributed by atoms with Crippen molar-refractivity contribution in [2.75, 3.05) is 7.11 Å². The van der Waals surface area contributed by atoms with E-state index in [-0.39, 0.29) is 11.9 Å². The van der Waals surface area contributed by atoms with E-state index in [2.05, 4.69) is 0 Å². The van der Waals surface area contributed by atoms with Crippen LogP contribution in [0.15, 0.2) is 57.8 Å². The van der Waals surface area contributed by atoms with Gasteiger partial charge < -0.3 is 18.6 Å². The maximum absolute atomic E-state index is 12.2. The molecule has 0 amide bonds. The molecule has 29 heavy (non-hydrogen) atoms. The molecule has 0 N–H and O–H groups in total. The van der Waals surface area contributed by atoms with Gasteiger partial charge in [-0.25, -0.2) is 9.59 Å². The monoisotopic (exact) mass is 414 g/mol. The van der Waals surface area contributed by atoms with Crippen molar-refractivity contribution in [3.63, 3.8) is 0 Å². The quantitative estimate of drug-likeness (QED) is 0.248. The predicted molar refractivity (Wildman–Crippen MR) is 111 cm³/mol. The fraction of sp³-hybridized carbons (Fsp3) is 0.182. The lowest BCUT2D eigenvalue weighted by Crippen LogP contribution is -2.07. The van der Waals surface area contributed by atoms with E-state index >= 15 is 0 Å². The van der Waals surface area contributed by atoms with E-state index in [1.54, 1.807) is 36.4 Å². The third-order valence-corrected chi connectivity index (χ3v) is 4.11. The lowest BCUT2D eigenvalue weighted by Gasteiger charge is -2.15. The highest BCUT2D eigenvalue weighted by Crippen LogP contribution is 2.37. The fourth-order valence-corrected chi connectivity index (χ4v) is 2.87. The van der Waals surface area contributed by atoms with E-state index in [1.807, 2.05) is 13.8 Å². The average molecular weight is 415 g/mol. The second-order valence-corrected chi connectivity index (χ2v) is 6.82. The van der Waals surface area contributed by atoms with Crippen LogP contribution in [0.3, 0.4) is 0 Å². The number of carbonyl (C=O) groups is 1. The van der Waals surface area contributed by atoms with Gasteiger partial charge in [-0.1, -0.05) is 11.6 Å². The van der Waals surface area contributed by atoms with Gasteiger partial charge in [0.25, 0.3) is 0 Å². The Balaban J connectivity index is 1.76. The van der Waals surface area contributed by atoms with Crippen molar-refractivity contribution in [2.45, 2.75) is 20.0 Å². The number of esters is 1. The molecule has 0 radical (unpaired) electrons. The largest absolute Gasteiger partial charge is 0.493 e. The zero-order valence-electron chi connectivity index (χ0n) is 16.1. The number of carbonyl (C=O) groups excluding carboxylic acids is 1. The third-order valence-electron chi connectivity index (χ3n) is 3.83. The summed E-state index contributed by atoms with van der Waals surface area (Å²) < 4.78 is 21.3. The fourth-order valence-electron chi connectivity index (χ4n) is 2.60. The van der Waals surface area contributed by atoms with Crippen LogP contribution in [0.25, 0.3) is 17.0 Å². The summed E-state index contributed by atoms with van der Waals surface area (Å²) in [6.45, 7) is 3.77. The van der Waals surface area contributed by atoms with Crippen molar-refractivity contribution in [3.8, 4) is 17.2 Å². The van der Waals surface area contributed by atoms with Crippen LogP contribution in [0.2, 0.25) is 5.02 Å². The van der Waals surface area contributed by atoms with Crippen molar-refractivity contribution in [3.05, 3.63) is 69.5 Å². The normalized spacial score (nSPS) is 11.2. The maximum Gasteiger partial charge on any atom is 0.336 e. The van der Waals surface area contributed by atoms with Crippen molar-refractivity contribution < 1.29 is 23.4 Å². The van der Waals surface area contributed by atoms with Crippen LogP contribution in [-0.4, -0.2) is 19.2 Å². The predicted octanol–water partition coefficient (Wildman–Crippen LogP) is 4.86. The summed E-state index contributed by atoms with van der Waals surface area (Å²) in [5, 5.41) is 1.10. The van der Waals surface area contributed by atoms with E-state index in [9.17, 15) is 9.59 Å². The summed E-state index contributed by atoms with van der Waals surface area (Å²) in [4.78, 5) is 23.5. The molecule has 0 saturated heterocycles. The van der Waals surface area contributed by atoms with Crippen LogP contribution in [0.4, 0.5) is 0 Å². The Morgan fingerprint density at radius 3 is 2.62 bits per heavy atom. The molecular weight excluding hydrogens is 396 g/mol. The van der Waals surface area contributed by atoms with Crippen molar-refractivity contribution >= 4 is 34.6 Å². The van der Waals surface area contributed by atoms with E-state index < -0.39 is 11.6 Å². The molecule has 3 aromatic rings. The van der Waals surface area contributed by atoms with Gasteiger partial charge >= 0.3 is 11.6 Å². The summed E-state index contributed by atoms with van der Waals surface area (Å²) in [5.41, 5.74) is 0.505. The van der Waals surface area contributed by atoms with Crippen LogP contribution in [0, 0.1) is 0 Å². The minimum Gasteiger partial charge on any atom is -0.493 e. The van der Waals surface area contributed by atoms with Crippen LogP contribution in [0.5, 0.6) is 17.2 Å². The van der Waals surface area contributed by atoms with Crippen LogP contribution >= 0.6 is 11.6 Å². The lowest BCUT2D eigenvalue weighted by atomic mass is 10.2. The molecular formula is C22H19ClO6. The number of hydrogen-bond donors (Lipinski definition) is 0. The first-order valence-corrected chi connectivity index (χ1v) is 9.21. The maximum atomic E-state index is 12.2. The molecule has 0 bridgehead atoms. The zero-order valence-corrected chi connectivity index (χ0v) is 16.9. The first-order valence-electron chi connectivity index (χ1n) is 8.83. The Kier molecular flexibility index (Phi) is 6.24. The lowest BCUT2D eigenvalue weighted by molar-refractivity contribution is -0.128. The summed E-state index contributed by atoms with van der Waals surface area (Å²) >= 11 is 6.28. The number of rotatable bonds is 6. The van der Waals surface area contributed by atoms with Crippen LogP contribution < -0.4 is 19.8 Å². The summed E-state index contributed by atoms with van der Waals surface area (Å²) in [7, 11) is 1.51. The van der Waals surface area contributed by atoms with E-state index in [0.717, 1.165) is 5.39 Å². The standard InChI is InChI=1S/C22H19ClO6/c1-13(2)27-22-17(23)10-14(11-19(22)26-3)4-8-20(24)28-16-7-5-15-6-9-21(25)29-18(15)12-16/h4-13H,1-3H3/b8-4+. The summed E-state index contributed by atoms with van der Waals surface area (Å²) in [5.74, 6) is 0.573. The molecule has 7 heteroatoms. The Bertz CT molecular complexity index is 1130. The molecule has 3 rings (SSSR count). The topological polar surface area (TPSA) is 75.0 Å². The Labute approximate surface area is 172 Å². The molecule has 0 aliphatic rings. The van der Waals surface area contributed by atoms with E-state index in [4.69, 9.17) is 30.2 Å². The summed E-state index contributed by atoms with van der Waals surface area (Å²) in [6.07, 6.45) is 2.75. The number of methoxy groups -OCH3 is 1. The Hall–Kier alpha value is -3.25. The molecule has 1 aromatic heterocycles. The highest BCUT2D eigenvalue weighted by Gasteiger charge is 2.13. The van der Waals surface area contributed by atoms with Gasteiger partial charge in [-0.15, -0.1) is 0 Å². The number of halogens is 1. The van der Waals surface area contributed by atoms with E-state index in [1.165, 1.54) is 25.3 Å². The highest BCUT2D eigenvalue weighted by atomic mass is 35.5. The molecule has 0 unspecified atom stereocenters. The second-order valence-electron chi connectivity index (χ2n) is 6.41. The third kappa shape index (κ3) is 5.18. The van der Waals surface area contributed by atoms with Crippen LogP contribution in [-0.2, 0) is 4.79 Å². The van der Waals surface area contributed by atoms with E-state index in [0.29, 0.717) is 27.7 Å². The van der Waals surface area contributed by atoms with Gasteiger partial charge in [0, 0.05) is 23.6 Å². The van der Waals surface area contributed by atoms with Gasteiger partial charge in [0.15, 0.2) is 11.5 Å². The molecule has 0 aliphatic heterocycles. The van der Waals surface area contributed by atoms with Gasteiger partial charge in [0.1, 0.15) is 11.3 Å². The van der Waals surface area contributed by atoms with Crippen LogP contribution in [0.1, 0.15) is 19.4 Å². The van der Waals surface area contributed by atoms with Crippen molar-refractivity contribution in [1.29, 1.82) is 0 Å². The number of benzene rings is 2. The molecule has 0 fully saturated rings. The molecule has 0 aliphatic carbocycles. The number of fused-ring (bicyclic) bond motifs is 1.